The summed E-state index contributed by atoms with van der Waals surface area (Å²) in [4.78, 5) is 3.99. The molecule has 92 valence electrons. The lowest BCUT2D eigenvalue weighted by Gasteiger charge is -2.08. The second-order valence-corrected chi connectivity index (χ2v) is 4.90. The summed E-state index contributed by atoms with van der Waals surface area (Å²) in [6.45, 7) is 0.540. The van der Waals surface area contributed by atoms with Crippen LogP contribution >= 0.6 is 11.6 Å². The van der Waals surface area contributed by atoms with E-state index in [1.165, 1.54) is 36.0 Å². The molecule has 0 radical (unpaired) electrons. The molecule has 0 spiro atoms. The average Bonchev–Trinajstić information content (AvgIpc) is 2.85. The van der Waals surface area contributed by atoms with E-state index in [2.05, 4.69) is 23.2 Å². The number of ether oxygens (including phenoxy) is 1. The van der Waals surface area contributed by atoms with Gasteiger partial charge < -0.3 is 4.74 Å². The van der Waals surface area contributed by atoms with Crippen molar-refractivity contribution in [2.45, 2.75) is 25.9 Å². The summed E-state index contributed by atoms with van der Waals surface area (Å²) in [5, 5.41) is 0.415. The number of hydrogen-bond acceptors (Lipinski definition) is 2. The molecule has 18 heavy (non-hydrogen) atoms. The number of pyridine rings is 1. The standard InChI is InChI=1S/C15H14ClNO/c16-15-14(5-2-8-17-15)18-10-11-6-7-12-3-1-4-13(12)9-11/h2,5-9H,1,3-4,10H2. The number of hydrogen-bond donors (Lipinski definition) is 0. The number of nitrogens with zero attached hydrogens (tertiary/aromatic N) is 1. The Hall–Kier alpha value is -1.54. The zero-order valence-electron chi connectivity index (χ0n) is 10.0. The molecule has 0 aliphatic heterocycles. The van der Waals surface area contributed by atoms with Crippen LogP contribution in [0.1, 0.15) is 23.1 Å². The first kappa shape index (κ1) is 11.5. The molecule has 0 saturated carbocycles. The molecule has 1 aromatic carbocycles. The third-order valence-electron chi connectivity index (χ3n) is 3.28. The lowest BCUT2D eigenvalue weighted by atomic mass is 10.1. The van der Waals surface area contributed by atoms with Crippen molar-refractivity contribution in [3.8, 4) is 5.75 Å². The van der Waals surface area contributed by atoms with Crippen molar-refractivity contribution in [3.63, 3.8) is 0 Å². The van der Waals surface area contributed by atoms with Crippen LogP contribution < -0.4 is 4.74 Å². The molecule has 0 saturated heterocycles. The highest BCUT2D eigenvalue weighted by molar-refractivity contribution is 6.30. The van der Waals surface area contributed by atoms with E-state index in [-0.39, 0.29) is 0 Å². The van der Waals surface area contributed by atoms with Crippen LogP contribution in [0.3, 0.4) is 0 Å². The summed E-state index contributed by atoms with van der Waals surface area (Å²) >= 11 is 5.95. The number of fused-ring (bicyclic) bond motifs is 1. The molecule has 3 heteroatoms. The predicted octanol–water partition coefficient (Wildman–Crippen LogP) is 3.80. The van der Waals surface area contributed by atoms with Crippen LogP contribution in [-0.2, 0) is 19.4 Å². The van der Waals surface area contributed by atoms with E-state index >= 15 is 0 Å². The number of benzene rings is 1. The van der Waals surface area contributed by atoms with Crippen molar-refractivity contribution >= 4 is 11.6 Å². The Kier molecular flexibility index (Phi) is 3.20. The minimum absolute atomic E-state index is 0.415. The molecule has 0 fully saturated rings. The monoisotopic (exact) mass is 259 g/mol. The minimum atomic E-state index is 0.415. The van der Waals surface area contributed by atoms with E-state index in [1.54, 1.807) is 6.20 Å². The molecule has 0 atom stereocenters. The molecule has 2 nitrogen and oxygen atoms in total. The summed E-state index contributed by atoms with van der Waals surface area (Å²) in [7, 11) is 0. The van der Waals surface area contributed by atoms with Gasteiger partial charge in [0, 0.05) is 6.20 Å². The Balaban J connectivity index is 1.72. The maximum atomic E-state index is 5.95. The fourth-order valence-corrected chi connectivity index (χ4v) is 2.53. The van der Waals surface area contributed by atoms with E-state index in [1.807, 2.05) is 12.1 Å². The largest absolute Gasteiger partial charge is 0.486 e. The molecular weight excluding hydrogens is 246 g/mol. The summed E-state index contributed by atoms with van der Waals surface area (Å²) in [5.41, 5.74) is 4.14. The van der Waals surface area contributed by atoms with Gasteiger partial charge in [-0.1, -0.05) is 29.8 Å². The summed E-state index contributed by atoms with van der Waals surface area (Å²) in [6, 6.07) is 10.2. The SMILES string of the molecule is Clc1ncccc1OCc1ccc2c(c1)CCC2. The van der Waals surface area contributed by atoms with Gasteiger partial charge in [0.15, 0.2) is 10.9 Å². The van der Waals surface area contributed by atoms with Gasteiger partial charge >= 0.3 is 0 Å². The van der Waals surface area contributed by atoms with Crippen LogP contribution in [0.15, 0.2) is 36.5 Å². The Morgan fingerprint density at radius 3 is 2.94 bits per heavy atom. The van der Waals surface area contributed by atoms with Crippen molar-refractivity contribution in [3.05, 3.63) is 58.4 Å². The summed E-state index contributed by atoms with van der Waals surface area (Å²) in [5.74, 6) is 0.639. The van der Waals surface area contributed by atoms with E-state index in [0.29, 0.717) is 17.5 Å². The Morgan fingerprint density at radius 1 is 1.17 bits per heavy atom. The van der Waals surface area contributed by atoms with Crippen molar-refractivity contribution in [1.29, 1.82) is 0 Å². The van der Waals surface area contributed by atoms with Gasteiger partial charge in [-0.2, -0.15) is 0 Å². The molecule has 1 heterocycles. The maximum absolute atomic E-state index is 5.95. The lowest BCUT2D eigenvalue weighted by molar-refractivity contribution is 0.305. The third kappa shape index (κ3) is 2.34. The van der Waals surface area contributed by atoms with E-state index in [0.717, 1.165) is 0 Å². The molecule has 1 aromatic heterocycles. The van der Waals surface area contributed by atoms with Crippen LogP contribution in [0.5, 0.6) is 5.75 Å². The van der Waals surface area contributed by atoms with Crippen molar-refractivity contribution < 1.29 is 4.74 Å². The Labute approximate surface area is 112 Å². The van der Waals surface area contributed by atoms with Gasteiger partial charge in [-0.05, 0) is 48.1 Å². The molecule has 3 rings (SSSR count). The number of aromatic nitrogens is 1. The van der Waals surface area contributed by atoms with Gasteiger partial charge in [0.05, 0.1) is 0 Å². The highest BCUT2D eigenvalue weighted by Crippen LogP contribution is 2.25. The number of rotatable bonds is 3. The fraction of sp³-hybridized carbons (Fsp3) is 0.267. The van der Waals surface area contributed by atoms with Gasteiger partial charge in [0.25, 0.3) is 0 Å². The number of halogens is 1. The highest BCUT2D eigenvalue weighted by Gasteiger charge is 2.11. The first-order chi connectivity index (χ1) is 8.83. The van der Waals surface area contributed by atoms with Gasteiger partial charge in [-0.3, -0.25) is 0 Å². The van der Waals surface area contributed by atoms with E-state index < -0.39 is 0 Å². The molecule has 0 unspecified atom stereocenters. The van der Waals surface area contributed by atoms with E-state index in [9.17, 15) is 0 Å². The van der Waals surface area contributed by atoms with Gasteiger partial charge in [0.1, 0.15) is 6.61 Å². The molecule has 0 amide bonds. The van der Waals surface area contributed by atoms with Crippen LogP contribution in [-0.4, -0.2) is 4.98 Å². The summed E-state index contributed by atoms with van der Waals surface area (Å²) < 4.78 is 5.69. The third-order valence-corrected chi connectivity index (χ3v) is 3.57. The topological polar surface area (TPSA) is 22.1 Å². The zero-order chi connectivity index (χ0) is 12.4. The second kappa shape index (κ2) is 4.99. The average molecular weight is 260 g/mol. The molecular formula is C15H14ClNO. The van der Waals surface area contributed by atoms with Crippen LogP contribution in [0.25, 0.3) is 0 Å². The first-order valence-corrected chi connectivity index (χ1v) is 6.55. The van der Waals surface area contributed by atoms with E-state index in [4.69, 9.17) is 16.3 Å². The van der Waals surface area contributed by atoms with Gasteiger partial charge in [0.2, 0.25) is 0 Å². The second-order valence-electron chi connectivity index (χ2n) is 4.54. The van der Waals surface area contributed by atoms with Gasteiger partial charge in [-0.25, -0.2) is 4.98 Å². The normalized spacial score (nSPS) is 13.4. The fourth-order valence-electron chi connectivity index (χ4n) is 2.35. The smallest absolute Gasteiger partial charge is 0.171 e. The van der Waals surface area contributed by atoms with Crippen LogP contribution in [0.2, 0.25) is 5.15 Å². The van der Waals surface area contributed by atoms with Gasteiger partial charge in [-0.15, -0.1) is 0 Å². The maximum Gasteiger partial charge on any atom is 0.171 e. The van der Waals surface area contributed by atoms with Crippen molar-refractivity contribution in [1.82, 2.24) is 4.98 Å². The van der Waals surface area contributed by atoms with Crippen LogP contribution in [0.4, 0.5) is 0 Å². The zero-order valence-corrected chi connectivity index (χ0v) is 10.8. The first-order valence-electron chi connectivity index (χ1n) is 6.17. The minimum Gasteiger partial charge on any atom is -0.486 e. The number of aryl methyl sites for hydroxylation is 2. The lowest BCUT2D eigenvalue weighted by Crippen LogP contribution is -1.97. The highest BCUT2D eigenvalue weighted by atomic mass is 35.5. The quantitative estimate of drug-likeness (QED) is 0.782. The molecule has 2 aromatic rings. The van der Waals surface area contributed by atoms with Crippen LogP contribution in [0, 0.1) is 0 Å². The molecule has 1 aliphatic carbocycles. The Morgan fingerprint density at radius 2 is 2.06 bits per heavy atom. The molecule has 0 bridgehead atoms. The Bertz CT molecular complexity index is 568. The van der Waals surface area contributed by atoms with Crippen molar-refractivity contribution in [2.75, 3.05) is 0 Å². The van der Waals surface area contributed by atoms with Crippen molar-refractivity contribution in [2.24, 2.45) is 0 Å². The molecule has 0 N–H and O–H groups in total. The molecule has 1 aliphatic rings. The predicted molar refractivity (Wildman–Crippen MR) is 72.0 cm³/mol. The summed E-state index contributed by atoms with van der Waals surface area (Å²) in [6.07, 6.45) is 5.33.